The van der Waals surface area contributed by atoms with Gasteiger partial charge in [0.25, 0.3) is 5.91 Å². The first-order chi connectivity index (χ1) is 5.19. The van der Waals surface area contributed by atoms with Gasteiger partial charge in [-0.3, -0.25) is 9.63 Å². The first kappa shape index (κ1) is 8.49. The minimum atomic E-state index is -0.366. The van der Waals surface area contributed by atoms with Gasteiger partial charge in [0.2, 0.25) is 0 Å². The van der Waals surface area contributed by atoms with E-state index in [9.17, 15) is 4.79 Å². The van der Waals surface area contributed by atoms with Gasteiger partial charge in [0.05, 0.1) is 25.2 Å². The molecule has 0 saturated carbocycles. The molecule has 1 fully saturated rings. The summed E-state index contributed by atoms with van der Waals surface area (Å²) in [6, 6.07) is 0. The van der Waals surface area contributed by atoms with Crippen LogP contribution in [0.2, 0.25) is 0 Å². The van der Waals surface area contributed by atoms with E-state index >= 15 is 0 Å². The maximum atomic E-state index is 11.2. The Morgan fingerprint density at radius 1 is 1.73 bits per heavy atom. The molecule has 1 heterocycles. The molecule has 1 rings (SSSR count). The second kappa shape index (κ2) is 3.19. The van der Waals surface area contributed by atoms with Crippen LogP contribution >= 0.6 is 0 Å². The molecule has 64 valence electrons. The summed E-state index contributed by atoms with van der Waals surface area (Å²) in [4.78, 5) is 16.0. The minimum Gasteiger partial charge on any atom is -0.379 e. The van der Waals surface area contributed by atoms with Gasteiger partial charge >= 0.3 is 0 Å². The maximum Gasteiger partial charge on any atom is 0.254 e. The molecule has 11 heavy (non-hydrogen) atoms. The number of hydrogen-bond donors (Lipinski definition) is 1. The second-order valence-corrected chi connectivity index (χ2v) is 2.92. The van der Waals surface area contributed by atoms with E-state index in [2.05, 4.69) is 5.48 Å². The number of amides is 1. The molecule has 0 atom stereocenters. The summed E-state index contributed by atoms with van der Waals surface area (Å²) >= 11 is 0. The van der Waals surface area contributed by atoms with E-state index in [1.54, 1.807) is 0 Å². The number of ether oxygens (including phenoxy) is 1. The predicted molar refractivity (Wildman–Crippen MR) is 38.7 cm³/mol. The summed E-state index contributed by atoms with van der Waals surface area (Å²) in [6.07, 6.45) is 0. The van der Waals surface area contributed by atoms with Crippen molar-refractivity contribution in [1.82, 2.24) is 5.48 Å². The Hall–Kier alpha value is -0.610. The molecule has 4 nitrogen and oxygen atoms in total. The van der Waals surface area contributed by atoms with Crippen LogP contribution in [-0.2, 0) is 14.4 Å². The van der Waals surface area contributed by atoms with Gasteiger partial charge in [-0.2, -0.15) is 0 Å². The number of carbonyl (C=O) groups is 1. The Morgan fingerprint density at radius 2 is 2.36 bits per heavy atom. The average Bonchev–Trinajstić information content (AvgIpc) is 1.95. The minimum absolute atomic E-state index is 0.0920. The molecule has 0 aromatic rings. The monoisotopic (exact) mass is 159 g/mol. The van der Waals surface area contributed by atoms with Crippen molar-refractivity contribution in [3.8, 4) is 0 Å². The molecule has 1 aliphatic rings. The molecule has 4 heteroatoms. The Kier molecular flexibility index (Phi) is 2.46. The summed E-state index contributed by atoms with van der Waals surface area (Å²) in [5.74, 6) is -0.0920. The van der Waals surface area contributed by atoms with Crippen molar-refractivity contribution < 1.29 is 14.4 Å². The average molecular weight is 159 g/mol. The zero-order chi connectivity index (χ0) is 8.32. The quantitative estimate of drug-likeness (QED) is 0.594. The van der Waals surface area contributed by atoms with Gasteiger partial charge in [-0.25, -0.2) is 5.48 Å². The van der Waals surface area contributed by atoms with E-state index in [4.69, 9.17) is 9.57 Å². The number of hydrogen-bond acceptors (Lipinski definition) is 3. The van der Waals surface area contributed by atoms with E-state index < -0.39 is 0 Å². The Balaban J connectivity index is 2.28. The van der Waals surface area contributed by atoms with E-state index in [-0.39, 0.29) is 11.3 Å². The van der Waals surface area contributed by atoms with Crippen molar-refractivity contribution in [3.05, 3.63) is 0 Å². The third-order valence-electron chi connectivity index (χ3n) is 1.70. The number of nitrogens with one attached hydrogen (secondary N) is 1. The third-order valence-corrected chi connectivity index (χ3v) is 1.70. The molecule has 1 saturated heterocycles. The van der Waals surface area contributed by atoms with Gasteiger partial charge < -0.3 is 4.74 Å². The molecular weight excluding hydrogens is 146 g/mol. The molecule has 0 aromatic carbocycles. The molecule has 0 spiro atoms. The standard InChI is InChI=1S/C7H13NO3/c1-3-11-8-6(9)7(2)4-10-5-7/h3-5H2,1-2H3,(H,8,9). The fraction of sp³-hybridized carbons (Fsp3) is 0.857. The van der Waals surface area contributed by atoms with Gasteiger partial charge in [0, 0.05) is 0 Å². The lowest BCUT2D eigenvalue weighted by molar-refractivity contribution is -0.169. The normalized spacial score (nSPS) is 20.5. The first-order valence-corrected chi connectivity index (χ1v) is 3.69. The van der Waals surface area contributed by atoms with E-state index in [1.807, 2.05) is 13.8 Å². The lowest BCUT2D eigenvalue weighted by Gasteiger charge is -2.35. The molecule has 0 bridgehead atoms. The zero-order valence-corrected chi connectivity index (χ0v) is 6.85. The second-order valence-electron chi connectivity index (χ2n) is 2.92. The largest absolute Gasteiger partial charge is 0.379 e. The van der Waals surface area contributed by atoms with Crippen LogP contribution in [0, 0.1) is 5.41 Å². The Bertz CT molecular complexity index is 154. The van der Waals surface area contributed by atoms with Gasteiger partial charge in [0.15, 0.2) is 0 Å². The van der Waals surface area contributed by atoms with Crippen molar-refractivity contribution in [1.29, 1.82) is 0 Å². The van der Waals surface area contributed by atoms with Crippen molar-refractivity contribution in [2.45, 2.75) is 13.8 Å². The summed E-state index contributed by atoms with van der Waals surface area (Å²) in [6.45, 7) is 5.14. The van der Waals surface area contributed by atoms with Crippen LogP contribution in [-0.4, -0.2) is 25.7 Å². The van der Waals surface area contributed by atoms with Crippen LogP contribution in [0.3, 0.4) is 0 Å². The highest BCUT2D eigenvalue weighted by Crippen LogP contribution is 2.26. The number of carbonyl (C=O) groups excluding carboxylic acids is 1. The van der Waals surface area contributed by atoms with Crippen molar-refractivity contribution in [2.75, 3.05) is 19.8 Å². The lowest BCUT2D eigenvalue weighted by Crippen LogP contribution is -2.51. The molecule has 1 amide bonds. The fourth-order valence-electron chi connectivity index (χ4n) is 0.800. The molecule has 0 aromatic heterocycles. The highest BCUT2D eigenvalue weighted by atomic mass is 16.7. The third kappa shape index (κ3) is 1.70. The predicted octanol–water partition coefficient (Wildman–Crippen LogP) is 0.0906. The molecule has 0 aliphatic carbocycles. The molecular formula is C7H13NO3. The van der Waals surface area contributed by atoms with Gasteiger partial charge in [0.1, 0.15) is 0 Å². The number of rotatable bonds is 3. The van der Waals surface area contributed by atoms with Crippen LogP contribution in [0.15, 0.2) is 0 Å². The van der Waals surface area contributed by atoms with Crippen molar-refractivity contribution >= 4 is 5.91 Å². The van der Waals surface area contributed by atoms with Crippen molar-refractivity contribution in [3.63, 3.8) is 0 Å². The summed E-state index contributed by atoms with van der Waals surface area (Å²) < 4.78 is 4.92. The SMILES string of the molecule is CCONC(=O)C1(C)COC1. The molecule has 0 radical (unpaired) electrons. The first-order valence-electron chi connectivity index (χ1n) is 3.69. The molecule has 0 unspecified atom stereocenters. The molecule has 1 aliphatic heterocycles. The summed E-state index contributed by atoms with van der Waals surface area (Å²) in [7, 11) is 0. The Morgan fingerprint density at radius 3 is 2.73 bits per heavy atom. The summed E-state index contributed by atoms with van der Waals surface area (Å²) in [5.41, 5.74) is 1.99. The van der Waals surface area contributed by atoms with E-state index in [1.165, 1.54) is 0 Å². The van der Waals surface area contributed by atoms with Crippen LogP contribution in [0.25, 0.3) is 0 Å². The van der Waals surface area contributed by atoms with Gasteiger partial charge in [-0.1, -0.05) is 0 Å². The smallest absolute Gasteiger partial charge is 0.254 e. The molecule has 1 N–H and O–H groups in total. The maximum absolute atomic E-state index is 11.2. The lowest BCUT2D eigenvalue weighted by atomic mass is 9.88. The van der Waals surface area contributed by atoms with Crippen LogP contribution in [0.4, 0.5) is 0 Å². The van der Waals surface area contributed by atoms with Crippen LogP contribution < -0.4 is 5.48 Å². The van der Waals surface area contributed by atoms with E-state index in [0.29, 0.717) is 19.8 Å². The Labute approximate surface area is 65.8 Å². The van der Waals surface area contributed by atoms with Crippen molar-refractivity contribution in [2.24, 2.45) is 5.41 Å². The zero-order valence-electron chi connectivity index (χ0n) is 6.85. The number of hydroxylamine groups is 1. The highest BCUT2D eigenvalue weighted by Gasteiger charge is 2.41. The van der Waals surface area contributed by atoms with Crippen LogP contribution in [0.5, 0.6) is 0 Å². The van der Waals surface area contributed by atoms with Gasteiger partial charge in [-0.15, -0.1) is 0 Å². The fourth-order valence-corrected chi connectivity index (χ4v) is 0.800. The van der Waals surface area contributed by atoms with E-state index in [0.717, 1.165) is 0 Å². The van der Waals surface area contributed by atoms with Crippen LogP contribution in [0.1, 0.15) is 13.8 Å². The van der Waals surface area contributed by atoms with Gasteiger partial charge in [-0.05, 0) is 13.8 Å². The highest BCUT2D eigenvalue weighted by molar-refractivity contribution is 5.82. The topological polar surface area (TPSA) is 47.6 Å². The summed E-state index contributed by atoms with van der Waals surface area (Å²) in [5, 5.41) is 0.